The quantitative estimate of drug-likeness (QED) is 0.872. The minimum absolute atomic E-state index is 0.00368. The number of fused-ring (bicyclic) bond motifs is 1. The van der Waals surface area contributed by atoms with E-state index in [9.17, 15) is 4.79 Å². The molecule has 0 fully saturated rings. The maximum absolute atomic E-state index is 11.2. The lowest BCUT2D eigenvalue weighted by Gasteiger charge is -2.15. The van der Waals surface area contributed by atoms with E-state index in [4.69, 9.17) is 0 Å². The molecule has 2 rings (SSSR count). The van der Waals surface area contributed by atoms with Crippen LogP contribution in [0, 0.1) is 12.8 Å². The number of H-pyrrole nitrogens is 1. The molecule has 1 atom stereocenters. The van der Waals surface area contributed by atoms with Crippen LogP contribution in [-0.2, 0) is 11.2 Å². The molecule has 0 unspecified atom stereocenters. The zero-order chi connectivity index (χ0) is 14.9. The van der Waals surface area contributed by atoms with E-state index >= 15 is 0 Å². The number of nitrogens with one attached hydrogen (secondary N) is 2. The number of carbonyl (C=O) groups excluding carboxylic acids is 1. The Hall–Kier alpha value is -1.77. The Balaban J connectivity index is 2.37. The molecule has 0 aliphatic heterocycles. The second-order valence-electron chi connectivity index (χ2n) is 6.11. The van der Waals surface area contributed by atoms with Crippen molar-refractivity contribution in [2.45, 2.75) is 47.1 Å². The molecule has 0 aliphatic carbocycles. The van der Waals surface area contributed by atoms with Crippen LogP contribution in [0.15, 0.2) is 18.2 Å². The van der Waals surface area contributed by atoms with Crippen molar-refractivity contribution in [3.05, 3.63) is 35.0 Å². The highest BCUT2D eigenvalue weighted by Crippen LogP contribution is 2.25. The van der Waals surface area contributed by atoms with Crippen molar-refractivity contribution in [2.75, 3.05) is 0 Å². The molecule has 3 nitrogen and oxygen atoms in total. The van der Waals surface area contributed by atoms with E-state index in [0.717, 1.165) is 11.9 Å². The van der Waals surface area contributed by atoms with Crippen molar-refractivity contribution in [1.29, 1.82) is 0 Å². The van der Waals surface area contributed by atoms with E-state index in [0.29, 0.717) is 5.92 Å². The first-order chi connectivity index (χ1) is 9.36. The molecule has 0 saturated carbocycles. The van der Waals surface area contributed by atoms with E-state index in [2.05, 4.69) is 49.3 Å². The monoisotopic (exact) mass is 272 g/mol. The molecule has 0 aliphatic rings. The second-order valence-corrected chi connectivity index (χ2v) is 6.11. The van der Waals surface area contributed by atoms with Gasteiger partial charge in [0.1, 0.15) is 0 Å². The number of carbonyl (C=O) groups is 1. The summed E-state index contributed by atoms with van der Waals surface area (Å²) in [6.45, 7) is 10.1. The minimum Gasteiger partial charge on any atom is -0.358 e. The SMILES string of the molecule is CC(=O)N[C@@H](C)c1cc2[nH]c(CC(C)C)cc2cc1C. The number of rotatable bonds is 4. The third-order valence-electron chi connectivity index (χ3n) is 3.58. The summed E-state index contributed by atoms with van der Waals surface area (Å²) >= 11 is 0. The topological polar surface area (TPSA) is 44.9 Å². The third-order valence-corrected chi connectivity index (χ3v) is 3.58. The van der Waals surface area contributed by atoms with Crippen LogP contribution in [-0.4, -0.2) is 10.9 Å². The summed E-state index contributed by atoms with van der Waals surface area (Å²) in [5.74, 6) is 0.644. The highest BCUT2D eigenvalue weighted by Gasteiger charge is 2.12. The van der Waals surface area contributed by atoms with Crippen LogP contribution in [0.4, 0.5) is 0 Å². The summed E-state index contributed by atoms with van der Waals surface area (Å²) < 4.78 is 0. The van der Waals surface area contributed by atoms with Crippen LogP contribution in [0.25, 0.3) is 10.9 Å². The maximum atomic E-state index is 11.2. The summed E-state index contributed by atoms with van der Waals surface area (Å²) in [4.78, 5) is 14.7. The molecular formula is C17H24N2O. The fourth-order valence-electron chi connectivity index (χ4n) is 2.77. The van der Waals surface area contributed by atoms with Crippen LogP contribution in [0.5, 0.6) is 0 Å². The van der Waals surface area contributed by atoms with Crippen molar-refractivity contribution >= 4 is 16.8 Å². The van der Waals surface area contributed by atoms with Gasteiger partial charge in [0.2, 0.25) is 5.91 Å². The number of hydrogen-bond acceptors (Lipinski definition) is 1. The Morgan fingerprint density at radius 1 is 1.25 bits per heavy atom. The van der Waals surface area contributed by atoms with E-state index in [1.54, 1.807) is 6.92 Å². The Kier molecular flexibility index (Phi) is 4.17. The fraction of sp³-hybridized carbons (Fsp3) is 0.471. The minimum atomic E-state index is 0.00368. The molecule has 20 heavy (non-hydrogen) atoms. The van der Waals surface area contributed by atoms with Gasteiger partial charge in [0.25, 0.3) is 0 Å². The molecule has 1 aromatic heterocycles. The van der Waals surface area contributed by atoms with Gasteiger partial charge in [-0.1, -0.05) is 13.8 Å². The molecule has 1 heterocycles. The first-order valence-electron chi connectivity index (χ1n) is 7.26. The van der Waals surface area contributed by atoms with Gasteiger partial charge < -0.3 is 10.3 Å². The Morgan fingerprint density at radius 3 is 2.55 bits per heavy atom. The molecule has 108 valence electrons. The van der Waals surface area contributed by atoms with Gasteiger partial charge in [0.15, 0.2) is 0 Å². The highest BCUT2D eigenvalue weighted by atomic mass is 16.1. The van der Waals surface area contributed by atoms with Crippen LogP contribution >= 0.6 is 0 Å². The zero-order valence-electron chi connectivity index (χ0n) is 13.0. The average Bonchev–Trinajstić information content (AvgIpc) is 2.66. The number of hydrogen-bond donors (Lipinski definition) is 2. The summed E-state index contributed by atoms with van der Waals surface area (Å²) in [7, 11) is 0. The van der Waals surface area contributed by atoms with Gasteiger partial charge in [-0.2, -0.15) is 0 Å². The van der Waals surface area contributed by atoms with Gasteiger partial charge in [0.05, 0.1) is 6.04 Å². The first-order valence-corrected chi connectivity index (χ1v) is 7.26. The number of benzene rings is 1. The second kappa shape index (κ2) is 5.70. The van der Waals surface area contributed by atoms with Gasteiger partial charge >= 0.3 is 0 Å². The number of aryl methyl sites for hydroxylation is 1. The predicted molar refractivity (Wildman–Crippen MR) is 83.8 cm³/mol. The smallest absolute Gasteiger partial charge is 0.217 e. The number of aromatic nitrogens is 1. The zero-order valence-corrected chi connectivity index (χ0v) is 13.0. The Labute approximate surface area is 120 Å². The van der Waals surface area contributed by atoms with Crippen LogP contribution in [0.2, 0.25) is 0 Å². The van der Waals surface area contributed by atoms with Gasteiger partial charge in [0, 0.05) is 18.1 Å². The van der Waals surface area contributed by atoms with Crippen molar-refractivity contribution in [1.82, 2.24) is 10.3 Å². The molecule has 1 aromatic carbocycles. The van der Waals surface area contributed by atoms with Crippen LogP contribution in [0.3, 0.4) is 0 Å². The van der Waals surface area contributed by atoms with Gasteiger partial charge in [-0.3, -0.25) is 4.79 Å². The lowest BCUT2D eigenvalue weighted by molar-refractivity contribution is -0.119. The fourth-order valence-corrected chi connectivity index (χ4v) is 2.77. The van der Waals surface area contributed by atoms with Gasteiger partial charge in [-0.25, -0.2) is 0 Å². The lowest BCUT2D eigenvalue weighted by atomic mass is 10.0. The molecule has 0 bridgehead atoms. The Morgan fingerprint density at radius 2 is 1.95 bits per heavy atom. The van der Waals surface area contributed by atoms with Crippen molar-refractivity contribution < 1.29 is 4.79 Å². The van der Waals surface area contributed by atoms with Gasteiger partial charge in [-0.15, -0.1) is 0 Å². The summed E-state index contributed by atoms with van der Waals surface area (Å²) in [5, 5.41) is 4.20. The van der Waals surface area contributed by atoms with E-state index in [-0.39, 0.29) is 11.9 Å². The number of aromatic amines is 1. The number of amides is 1. The largest absolute Gasteiger partial charge is 0.358 e. The molecule has 2 N–H and O–H groups in total. The maximum Gasteiger partial charge on any atom is 0.217 e. The molecular weight excluding hydrogens is 248 g/mol. The predicted octanol–water partition coefficient (Wildman–Crippen LogP) is 3.87. The van der Waals surface area contributed by atoms with E-state index < -0.39 is 0 Å². The van der Waals surface area contributed by atoms with Crippen molar-refractivity contribution in [2.24, 2.45) is 5.92 Å². The standard InChI is InChI=1S/C17H24N2O/c1-10(2)6-15-8-14-7-11(3)16(9-17(14)19-15)12(4)18-13(5)20/h7-10,12,19H,6H2,1-5H3,(H,18,20)/t12-/m0/s1. The molecule has 0 saturated heterocycles. The molecule has 0 spiro atoms. The molecule has 1 amide bonds. The average molecular weight is 272 g/mol. The summed E-state index contributed by atoms with van der Waals surface area (Å²) in [6, 6.07) is 6.63. The van der Waals surface area contributed by atoms with Crippen molar-refractivity contribution in [3.63, 3.8) is 0 Å². The molecule has 0 radical (unpaired) electrons. The lowest BCUT2D eigenvalue weighted by Crippen LogP contribution is -2.24. The van der Waals surface area contributed by atoms with E-state index in [1.165, 1.54) is 22.2 Å². The highest BCUT2D eigenvalue weighted by molar-refractivity contribution is 5.82. The third kappa shape index (κ3) is 3.21. The molecule has 2 aromatic rings. The van der Waals surface area contributed by atoms with Crippen LogP contribution in [0.1, 0.15) is 50.6 Å². The van der Waals surface area contributed by atoms with Crippen molar-refractivity contribution in [3.8, 4) is 0 Å². The summed E-state index contributed by atoms with van der Waals surface area (Å²) in [5.41, 5.74) is 4.82. The Bertz CT molecular complexity index is 625. The van der Waals surface area contributed by atoms with Gasteiger partial charge in [-0.05, 0) is 60.9 Å². The molecule has 3 heteroatoms. The first kappa shape index (κ1) is 14.6. The van der Waals surface area contributed by atoms with E-state index in [1.807, 2.05) is 6.92 Å². The normalized spacial score (nSPS) is 12.9. The summed E-state index contributed by atoms with van der Waals surface area (Å²) in [6.07, 6.45) is 1.06. The van der Waals surface area contributed by atoms with Crippen LogP contribution < -0.4 is 5.32 Å².